The fraction of sp³-hybridized carbons (Fsp3) is 0.933. The van der Waals surface area contributed by atoms with Gasteiger partial charge in [0, 0.05) is 18.6 Å². The summed E-state index contributed by atoms with van der Waals surface area (Å²) in [6.45, 7) is 8.25. The lowest BCUT2D eigenvalue weighted by molar-refractivity contribution is -0.149. The summed E-state index contributed by atoms with van der Waals surface area (Å²) in [5.41, 5.74) is 5.23. The Balaban J connectivity index is 2.56. The van der Waals surface area contributed by atoms with Crippen LogP contribution in [-0.2, 0) is 9.53 Å². The number of ether oxygens (including phenoxy) is 1. The molecule has 1 heterocycles. The van der Waals surface area contributed by atoms with Gasteiger partial charge in [0.15, 0.2) is 0 Å². The van der Waals surface area contributed by atoms with E-state index in [0.29, 0.717) is 19.1 Å². The molecule has 0 radical (unpaired) electrons. The van der Waals surface area contributed by atoms with Crippen molar-refractivity contribution in [2.45, 2.75) is 57.7 Å². The van der Waals surface area contributed by atoms with Crippen molar-refractivity contribution in [1.82, 2.24) is 9.80 Å². The summed E-state index contributed by atoms with van der Waals surface area (Å²) < 4.78 is 5.06. The summed E-state index contributed by atoms with van der Waals surface area (Å²) in [5, 5.41) is 0. The molecular formula is C15H31N3O2. The number of likely N-dealkylation sites (N-methyl/N-ethyl adjacent to an activating group) is 1. The molecule has 1 aliphatic heterocycles. The number of piperidine rings is 1. The molecule has 0 aromatic rings. The predicted octanol–water partition coefficient (Wildman–Crippen LogP) is 1.07. The Morgan fingerprint density at radius 2 is 2.20 bits per heavy atom. The minimum Gasteiger partial charge on any atom is -0.465 e. The zero-order valence-electron chi connectivity index (χ0n) is 13.7. The summed E-state index contributed by atoms with van der Waals surface area (Å²) in [6, 6.07) is 0.884. The van der Waals surface area contributed by atoms with Crippen LogP contribution in [0.25, 0.3) is 0 Å². The second-order valence-electron chi connectivity index (χ2n) is 6.45. The third kappa shape index (κ3) is 4.72. The number of nitrogens with two attached hydrogens (primary N) is 1. The molecule has 5 heteroatoms. The van der Waals surface area contributed by atoms with Crippen LogP contribution in [0.5, 0.6) is 0 Å². The molecule has 1 fully saturated rings. The highest BCUT2D eigenvalue weighted by molar-refractivity contribution is 5.80. The van der Waals surface area contributed by atoms with Crippen molar-refractivity contribution < 1.29 is 9.53 Å². The van der Waals surface area contributed by atoms with Gasteiger partial charge in [-0.05, 0) is 60.7 Å². The Bertz CT molecular complexity index is 318. The molecule has 0 aliphatic carbocycles. The van der Waals surface area contributed by atoms with Crippen LogP contribution in [0, 0.1) is 0 Å². The number of esters is 1. The second kappa shape index (κ2) is 7.38. The Kier molecular flexibility index (Phi) is 6.43. The van der Waals surface area contributed by atoms with Gasteiger partial charge >= 0.3 is 5.97 Å². The van der Waals surface area contributed by atoms with Crippen molar-refractivity contribution in [3.8, 4) is 0 Å². The molecule has 3 unspecified atom stereocenters. The van der Waals surface area contributed by atoms with Crippen LogP contribution in [0.4, 0.5) is 0 Å². The topological polar surface area (TPSA) is 58.8 Å². The van der Waals surface area contributed by atoms with Crippen LogP contribution in [0.15, 0.2) is 0 Å². The minimum atomic E-state index is -0.902. The lowest BCUT2D eigenvalue weighted by atomic mass is 9.92. The lowest BCUT2D eigenvalue weighted by Crippen LogP contribution is -2.54. The third-order valence-electron chi connectivity index (χ3n) is 4.24. The first-order valence-corrected chi connectivity index (χ1v) is 7.64. The lowest BCUT2D eigenvalue weighted by Gasteiger charge is -2.41. The zero-order valence-corrected chi connectivity index (χ0v) is 13.7. The van der Waals surface area contributed by atoms with Gasteiger partial charge in [0.05, 0.1) is 6.61 Å². The van der Waals surface area contributed by atoms with E-state index in [9.17, 15) is 4.79 Å². The highest BCUT2D eigenvalue weighted by atomic mass is 16.5. The average Bonchev–Trinajstić information content (AvgIpc) is 2.38. The van der Waals surface area contributed by atoms with Gasteiger partial charge < -0.3 is 15.4 Å². The molecule has 118 valence electrons. The Hall–Kier alpha value is -0.650. The van der Waals surface area contributed by atoms with E-state index in [-0.39, 0.29) is 12.0 Å². The van der Waals surface area contributed by atoms with E-state index in [4.69, 9.17) is 10.5 Å². The van der Waals surface area contributed by atoms with Crippen molar-refractivity contribution in [1.29, 1.82) is 0 Å². The first kappa shape index (κ1) is 17.4. The van der Waals surface area contributed by atoms with E-state index >= 15 is 0 Å². The van der Waals surface area contributed by atoms with Gasteiger partial charge in [0.25, 0.3) is 0 Å². The molecule has 0 bridgehead atoms. The van der Waals surface area contributed by atoms with Gasteiger partial charge in [0.1, 0.15) is 5.54 Å². The number of carbonyl (C=O) groups excluding carboxylic acids is 1. The van der Waals surface area contributed by atoms with Crippen LogP contribution < -0.4 is 5.73 Å². The van der Waals surface area contributed by atoms with E-state index in [1.54, 1.807) is 6.92 Å². The summed E-state index contributed by atoms with van der Waals surface area (Å²) in [7, 11) is 4.26. The molecule has 0 spiro atoms. The molecule has 0 aromatic heterocycles. The summed E-state index contributed by atoms with van der Waals surface area (Å²) in [6.07, 6.45) is 3.08. The number of likely N-dealkylation sites (tertiary alicyclic amines) is 1. The van der Waals surface area contributed by atoms with Gasteiger partial charge in [0.2, 0.25) is 0 Å². The largest absolute Gasteiger partial charge is 0.465 e. The molecule has 0 amide bonds. The van der Waals surface area contributed by atoms with Crippen LogP contribution in [0.2, 0.25) is 0 Å². The Morgan fingerprint density at radius 1 is 1.55 bits per heavy atom. The SMILES string of the molecule is CCOC(=O)C(C)(N)CC(C)N1CCCC(N(C)C)C1. The van der Waals surface area contributed by atoms with E-state index in [1.807, 2.05) is 6.92 Å². The van der Waals surface area contributed by atoms with E-state index in [1.165, 1.54) is 12.8 Å². The first-order valence-electron chi connectivity index (χ1n) is 7.64. The normalized spacial score (nSPS) is 25.2. The molecular weight excluding hydrogens is 254 g/mol. The number of hydrogen-bond donors (Lipinski definition) is 1. The molecule has 0 aromatic carbocycles. The first-order chi connectivity index (χ1) is 9.27. The van der Waals surface area contributed by atoms with Gasteiger partial charge in [-0.1, -0.05) is 0 Å². The van der Waals surface area contributed by atoms with Crippen molar-refractivity contribution >= 4 is 5.97 Å². The van der Waals surface area contributed by atoms with Crippen molar-refractivity contribution in [2.75, 3.05) is 33.8 Å². The van der Waals surface area contributed by atoms with Gasteiger partial charge in [-0.25, -0.2) is 0 Å². The number of nitrogens with zero attached hydrogens (tertiary/aromatic N) is 2. The molecule has 0 saturated carbocycles. The molecule has 5 nitrogen and oxygen atoms in total. The summed E-state index contributed by atoms with van der Waals surface area (Å²) in [4.78, 5) is 16.6. The van der Waals surface area contributed by atoms with Crippen LogP contribution in [0.1, 0.15) is 40.0 Å². The summed E-state index contributed by atoms with van der Waals surface area (Å²) >= 11 is 0. The van der Waals surface area contributed by atoms with Crippen molar-refractivity contribution in [3.05, 3.63) is 0 Å². The quantitative estimate of drug-likeness (QED) is 0.740. The van der Waals surface area contributed by atoms with E-state index < -0.39 is 5.54 Å². The Labute approximate surface area is 123 Å². The predicted molar refractivity (Wildman–Crippen MR) is 81.6 cm³/mol. The summed E-state index contributed by atoms with van der Waals surface area (Å²) in [5.74, 6) is -0.298. The monoisotopic (exact) mass is 285 g/mol. The highest BCUT2D eigenvalue weighted by Gasteiger charge is 2.34. The zero-order chi connectivity index (χ0) is 15.3. The maximum absolute atomic E-state index is 11.9. The number of carbonyl (C=O) groups is 1. The number of hydrogen-bond acceptors (Lipinski definition) is 5. The fourth-order valence-electron chi connectivity index (χ4n) is 2.93. The third-order valence-corrected chi connectivity index (χ3v) is 4.24. The van der Waals surface area contributed by atoms with Gasteiger partial charge in [-0.15, -0.1) is 0 Å². The van der Waals surface area contributed by atoms with Crippen LogP contribution in [-0.4, -0.2) is 67.2 Å². The van der Waals surface area contributed by atoms with E-state index in [0.717, 1.165) is 13.1 Å². The van der Waals surface area contributed by atoms with Gasteiger partial charge in [-0.2, -0.15) is 0 Å². The standard InChI is InChI=1S/C15H31N3O2/c1-6-20-14(19)15(3,16)10-12(2)18-9-7-8-13(11-18)17(4)5/h12-13H,6-11,16H2,1-5H3. The van der Waals surface area contributed by atoms with Gasteiger partial charge in [-0.3, -0.25) is 9.69 Å². The molecule has 2 N–H and O–H groups in total. The van der Waals surface area contributed by atoms with Crippen LogP contribution in [0.3, 0.4) is 0 Å². The average molecular weight is 285 g/mol. The van der Waals surface area contributed by atoms with Crippen molar-refractivity contribution in [2.24, 2.45) is 5.73 Å². The smallest absolute Gasteiger partial charge is 0.325 e. The second-order valence-corrected chi connectivity index (χ2v) is 6.45. The maximum Gasteiger partial charge on any atom is 0.325 e. The molecule has 20 heavy (non-hydrogen) atoms. The molecule has 1 saturated heterocycles. The van der Waals surface area contributed by atoms with Crippen LogP contribution >= 0.6 is 0 Å². The highest BCUT2D eigenvalue weighted by Crippen LogP contribution is 2.21. The maximum atomic E-state index is 11.9. The molecule has 3 atom stereocenters. The fourth-order valence-corrected chi connectivity index (χ4v) is 2.93. The minimum absolute atomic E-state index is 0.289. The van der Waals surface area contributed by atoms with E-state index in [2.05, 4.69) is 30.8 Å². The molecule has 1 rings (SSSR count). The van der Waals surface area contributed by atoms with Crippen molar-refractivity contribution in [3.63, 3.8) is 0 Å². The Morgan fingerprint density at radius 3 is 2.75 bits per heavy atom. The molecule has 1 aliphatic rings. The number of rotatable bonds is 6.